The second kappa shape index (κ2) is 11.6. The van der Waals surface area contributed by atoms with Crippen molar-refractivity contribution in [2.75, 3.05) is 26.2 Å². The van der Waals surface area contributed by atoms with Crippen LogP contribution in [0.25, 0.3) is 11.3 Å². The van der Waals surface area contributed by atoms with Crippen molar-refractivity contribution in [3.8, 4) is 17.1 Å². The Kier molecular flexibility index (Phi) is 9.47. The van der Waals surface area contributed by atoms with Crippen molar-refractivity contribution in [2.45, 2.75) is 6.04 Å². The summed E-state index contributed by atoms with van der Waals surface area (Å²) in [5, 5.41) is 4.35. The molecule has 1 fully saturated rings. The molecule has 1 N–H and O–H groups in total. The van der Waals surface area contributed by atoms with Gasteiger partial charge in [-0.2, -0.15) is 0 Å². The minimum atomic E-state index is -0.185. The zero-order valence-electron chi connectivity index (χ0n) is 16.3. The van der Waals surface area contributed by atoms with Crippen molar-refractivity contribution in [2.24, 2.45) is 0 Å². The first-order valence-electron chi connectivity index (χ1n) is 9.21. The smallest absolute Gasteiger partial charge is 0.290 e. The number of hydrogen-bond acceptors (Lipinski definition) is 5. The summed E-state index contributed by atoms with van der Waals surface area (Å²) in [6.45, 7) is 2.27. The van der Waals surface area contributed by atoms with Gasteiger partial charge in [-0.25, -0.2) is 0 Å². The molecule has 1 aromatic carbocycles. The van der Waals surface area contributed by atoms with E-state index in [-0.39, 0.29) is 42.5 Å². The SMILES string of the molecule is Cl.Cl.O=C(c1ccc(-c2cc(Cl)ccc2Cl)o1)N1CCNCC1COc1cccnc1. The van der Waals surface area contributed by atoms with Crippen molar-refractivity contribution in [1.29, 1.82) is 0 Å². The molecule has 0 radical (unpaired) electrons. The van der Waals surface area contributed by atoms with Crippen LogP contribution in [-0.2, 0) is 0 Å². The monoisotopic (exact) mass is 503 g/mol. The third-order valence-corrected chi connectivity index (χ3v) is 5.26. The number of furan rings is 1. The van der Waals surface area contributed by atoms with Crippen molar-refractivity contribution in [3.05, 3.63) is 70.7 Å². The molecule has 0 spiro atoms. The Labute approximate surface area is 202 Å². The molecule has 1 atom stereocenters. The summed E-state index contributed by atoms with van der Waals surface area (Å²) in [6.07, 6.45) is 3.33. The van der Waals surface area contributed by atoms with Crippen LogP contribution >= 0.6 is 48.0 Å². The Morgan fingerprint density at radius 2 is 2.06 bits per heavy atom. The summed E-state index contributed by atoms with van der Waals surface area (Å²) >= 11 is 12.3. The van der Waals surface area contributed by atoms with Gasteiger partial charge in [0.2, 0.25) is 0 Å². The number of carbonyl (C=O) groups is 1. The number of rotatable bonds is 5. The van der Waals surface area contributed by atoms with Gasteiger partial charge in [0.1, 0.15) is 18.1 Å². The Hall–Kier alpha value is -1.96. The number of aromatic nitrogens is 1. The minimum Gasteiger partial charge on any atom is -0.490 e. The number of ether oxygens (including phenoxy) is 1. The van der Waals surface area contributed by atoms with Crippen LogP contribution in [0.5, 0.6) is 5.75 Å². The normalized spacial score (nSPS) is 15.5. The van der Waals surface area contributed by atoms with Crippen LogP contribution in [0.1, 0.15) is 10.6 Å². The first kappa shape index (κ1) is 25.3. The maximum absolute atomic E-state index is 13.1. The Morgan fingerprint density at radius 1 is 1.23 bits per heavy atom. The number of amides is 1. The van der Waals surface area contributed by atoms with Crippen LogP contribution in [0.2, 0.25) is 10.0 Å². The van der Waals surface area contributed by atoms with Crippen LogP contribution in [-0.4, -0.2) is 48.1 Å². The predicted molar refractivity (Wildman–Crippen MR) is 126 cm³/mol. The van der Waals surface area contributed by atoms with Crippen LogP contribution in [0.15, 0.2) is 59.3 Å². The van der Waals surface area contributed by atoms with Gasteiger partial charge in [-0.3, -0.25) is 9.78 Å². The zero-order chi connectivity index (χ0) is 20.2. The number of halogens is 4. The Balaban J connectivity index is 0.00000171. The van der Waals surface area contributed by atoms with E-state index in [2.05, 4.69) is 10.3 Å². The summed E-state index contributed by atoms with van der Waals surface area (Å²) in [6, 6.07) is 12.0. The Morgan fingerprint density at radius 3 is 2.84 bits per heavy atom. The molecule has 1 unspecified atom stereocenters. The molecule has 1 amide bonds. The summed E-state index contributed by atoms with van der Waals surface area (Å²) in [5.74, 6) is 1.24. The van der Waals surface area contributed by atoms with Crippen LogP contribution in [0.4, 0.5) is 0 Å². The van der Waals surface area contributed by atoms with Crippen molar-refractivity contribution >= 4 is 53.9 Å². The first-order valence-corrected chi connectivity index (χ1v) is 9.97. The Bertz CT molecular complexity index is 1000. The number of hydrogen-bond donors (Lipinski definition) is 1. The zero-order valence-corrected chi connectivity index (χ0v) is 19.4. The second-order valence-electron chi connectivity index (χ2n) is 6.64. The highest BCUT2D eigenvalue weighted by atomic mass is 35.5. The molecule has 31 heavy (non-hydrogen) atoms. The van der Waals surface area contributed by atoms with Gasteiger partial charge in [0, 0.05) is 36.4 Å². The molecule has 10 heteroatoms. The van der Waals surface area contributed by atoms with E-state index in [1.165, 1.54) is 0 Å². The summed E-state index contributed by atoms with van der Waals surface area (Å²) < 4.78 is 11.6. The molecule has 0 bridgehead atoms. The van der Waals surface area contributed by atoms with Gasteiger partial charge in [0.25, 0.3) is 5.91 Å². The fourth-order valence-electron chi connectivity index (χ4n) is 3.23. The standard InChI is InChI=1S/C21H19Cl2N3O3.2ClH/c22-14-3-4-18(23)17(10-14)19-5-6-20(29-19)21(27)26-9-8-25-11-15(26)13-28-16-2-1-7-24-12-16;;/h1-7,10,12,15,25H,8-9,11,13H2;2*1H. The average molecular weight is 505 g/mol. The molecule has 1 saturated heterocycles. The maximum atomic E-state index is 13.1. The van der Waals surface area contributed by atoms with E-state index in [4.69, 9.17) is 32.4 Å². The van der Waals surface area contributed by atoms with Crippen molar-refractivity contribution in [3.63, 3.8) is 0 Å². The van der Waals surface area contributed by atoms with E-state index >= 15 is 0 Å². The van der Waals surface area contributed by atoms with Crippen molar-refractivity contribution < 1.29 is 13.9 Å². The summed E-state index contributed by atoms with van der Waals surface area (Å²) in [7, 11) is 0. The lowest BCUT2D eigenvalue weighted by molar-refractivity contribution is 0.0529. The number of piperazine rings is 1. The number of nitrogens with zero attached hydrogens (tertiary/aromatic N) is 2. The highest BCUT2D eigenvalue weighted by molar-refractivity contribution is 6.35. The molecular formula is C21H21Cl4N3O3. The molecule has 2 aromatic heterocycles. The lowest BCUT2D eigenvalue weighted by atomic mass is 10.2. The first-order chi connectivity index (χ1) is 14.1. The van der Waals surface area contributed by atoms with E-state index in [0.717, 1.165) is 0 Å². The molecule has 1 aliphatic rings. The molecule has 4 rings (SSSR count). The number of benzene rings is 1. The van der Waals surface area contributed by atoms with Gasteiger partial charge in [0.15, 0.2) is 5.76 Å². The number of carbonyl (C=O) groups excluding carboxylic acids is 1. The van der Waals surface area contributed by atoms with Crippen LogP contribution in [0.3, 0.4) is 0 Å². The molecule has 166 valence electrons. The van der Waals surface area contributed by atoms with Gasteiger partial charge < -0.3 is 19.4 Å². The van der Waals surface area contributed by atoms with Gasteiger partial charge >= 0.3 is 0 Å². The van der Waals surface area contributed by atoms with E-state index in [1.54, 1.807) is 47.6 Å². The molecule has 3 aromatic rings. The largest absolute Gasteiger partial charge is 0.490 e. The highest BCUT2D eigenvalue weighted by Gasteiger charge is 2.30. The molecule has 0 saturated carbocycles. The van der Waals surface area contributed by atoms with Gasteiger partial charge in [-0.15, -0.1) is 24.8 Å². The molecule has 6 nitrogen and oxygen atoms in total. The van der Waals surface area contributed by atoms with E-state index in [1.807, 2.05) is 12.1 Å². The van der Waals surface area contributed by atoms with E-state index < -0.39 is 0 Å². The number of pyridine rings is 1. The van der Waals surface area contributed by atoms with E-state index in [0.29, 0.717) is 53.4 Å². The van der Waals surface area contributed by atoms with E-state index in [9.17, 15) is 4.79 Å². The average Bonchev–Trinajstić information content (AvgIpc) is 3.24. The fourth-order valence-corrected chi connectivity index (χ4v) is 3.61. The van der Waals surface area contributed by atoms with Gasteiger partial charge in [-0.1, -0.05) is 23.2 Å². The van der Waals surface area contributed by atoms with Gasteiger partial charge in [-0.05, 0) is 42.5 Å². The topological polar surface area (TPSA) is 67.6 Å². The number of nitrogens with one attached hydrogen (secondary N) is 1. The van der Waals surface area contributed by atoms with Crippen LogP contribution < -0.4 is 10.1 Å². The summed E-state index contributed by atoms with van der Waals surface area (Å²) in [4.78, 5) is 18.9. The molecule has 0 aliphatic carbocycles. The predicted octanol–water partition coefficient (Wildman–Crippen LogP) is 4.99. The van der Waals surface area contributed by atoms with Crippen LogP contribution in [0, 0.1) is 0 Å². The maximum Gasteiger partial charge on any atom is 0.290 e. The second-order valence-corrected chi connectivity index (χ2v) is 7.49. The molecular weight excluding hydrogens is 484 g/mol. The van der Waals surface area contributed by atoms with Crippen molar-refractivity contribution in [1.82, 2.24) is 15.2 Å². The highest BCUT2D eigenvalue weighted by Crippen LogP contribution is 2.32. The summed E-state index contributed by atoms with van der Waals surface area (Å²) in [5.41, 5.74) is 0.648. The third kappa shape index (κ3) is 6.05. The van der Waals surface area contributed by atoms with Gasteiger partial charge in [0.05, 0.1) is 17.3 Å². The molecule has 3 heterocycles. The fraction of sp³-hybridized carbons (Fsp3) is 0.238. The lowest BCUT2D eigenvalue weighted by Gasteiger charge is -2.35. The quantitative estimate of drug-likeness (QED) is 0.530. The molecule has 1 aliphatic heterocycles. The lowest BCUT2D eigenvalue weighted by Crippen LogP contribution is -2.55. The minimum absolute atomic E-state index is 0. The third-order valence-electron chi connectivity index (χ3n) is 4.70.